The molecule has 1 N–H and O–H groups in total. The fourth-order valence-corrected chi connectivity index (χ4v) is 2.85. The van der Waals surface area contributed by atoms with Crippen LogP contribution in [0.4, 0.5) is 0 Å². The largest absolute Gasteiger partial charge is 0.508 e. The number of rotatable bonds is 1. The Morgan fingerprint density at radius 2 is 1.80 bits per heavy atom. The van der Waals surface area contributed by atoms with Crippen molar-refractivity contribution in [3.8, 4) is 22.8 Å². The Balaban J connectivity index is 2.02. The van der Waals surface area contributed by atoms with Crippen molar-refractivity contribution < 1.29 is 19.1 Å². The van der Waals surface area contributed by atoms with Gasteiger partial charge in [0, 0.05) is 11.6 Å². The van der Waals surface area contributed by atoms with Crippen LogP contribution in [0.25, 0.3) is 22.3 Å². The minimum Gasteiger partial charge on any atom is -0.508 e. The molecule has 3 aromatic rings. The van der Waals surface area contributed by atoms with E-state index in [1.165, 1.54) is 24.3 Å². The van der Waals surface area contributed by atoms with Crippen LogP contribution in [0, 0.1) is 0 Å². The van der Waals surface area contributed by atoms with Gasteiger partial charge in [-0.1, -0.05) is 0 Å². The number of allylic oxidation sites excluding steroid dienone is 1. The molecule has 0 atom stereocenters. The molecule has 1 aliphatic rings. The Bertz CT molecular complexity index is 1090. The first-order valence-electron chi connectivity index (χ1n) is 7.77. The molecule has 2 aromatic carbocycles. The SMILES string of the molecule is CC1=CC(=O)c2c(ccc3c(=O)cc(-c4ccc(O)cc4)oc23)OC1. The van der Waals surface area contributed by atoms with E-state index in [-0.39, 0.29) is 28.1 Å². The monoisotopic (exact) mass is 334 g/mol. The summed E-state index contributed by atoms with van der Waals surface area (Å²) in [7, 11) is 0. The molecule has 1 aromatic heterocycles. The Morgan fingerprint density at radius 1 is 1.04 bits per heavy atom. The van der Waals surface area contributed by atoms with Crippen molar-refractivity contribution >= 4 is 16.8 Å². The predicted molar refractivity (Wildman–Crippen MR) is 93.2 cm³/mol. The Hall–Kier alpha value is -3.34. The van der Waals surface area contributed by atoms with Crippen LogP contribution in [0.15, 0.2) is 63.3 Å². The summed E-state index contributed by atoms with van der Waals surface area (Å²) in [5.74, 6) is 0.590. The molecule has 0 amide bonds. The van der Waals surface area contributed by atoms with Gasteiger partial charge in [-0.15, -0.1) is 0 Å². The third-order valence-corrected chi connectivity index (χ3v) is 4.09. The minimum absolute atomic E-state index is 0.116. The van der Waals surface area contributed by atoms with Gasteiger partial charge in [0.1, 0.15) is 29.4 Å². The molecule has 0 spiro atoms. The number of ether oxygens (including phenoxy) is 1. The number of hydrogen-bond donors (Lipinski definition) is 1. The van der Waals surface area contributed by atoms with Crippen LogP contribution in [0.5, 0.6) is 11.5 Å². The second-order valence-corrected chi connectivity index (χ2v) is 5.98. The van der Waals surface area contributed by atoms with Gasteiger partial charge in [0.25, 0.3) is 0 Å². The number of phenols is 1. The zero-order valence-electron chi connectivity index (χ0n) is 13.4. The number of carbonyl (C=O) groups excluding carboxylic acids is 1. The normalized spacial score (nSPS) is 13.8. The van der Waals surface area contributed by atoms with Crippen molar-refractivity contribution in [2.45, 2.75) is 6.92 Å². The van der Waals surface area contributed by atoms with Crippen LogP contribution >= 0.6 is 0 Å². The van der Waals surface area contributed by atoms with E-state index in [1.54, 1.807) is 24.3 Å². The van der Waals surface area contributed by atoms with Crippen LogP contribution in [0.3, 0.4) is 0 Å². The predicted octanol–water partition coefficient (Wildman–Crippen LogP) is 3.69. The molecule has 1 aliphatic heterocycles. The highest BCUT2D eigenvalue weighted by Crippen LogP contribution is 2.32. The first-order chi connectivity index (χ1) is 12.0. The molecule has 0 saturated carbocycles. The average molecular weight is 334 g/mol. The topological polar surface area (TPSA) is 76.7 Å². The van der Waals surface area contributed by atoms with Crippen LogP contribution in [-0.4, -0.2) is 17.5 Å². The molecular formula is C20H14O5. The first-order valence-corrected chi connectivity index (χ1v) is 7.77. The third-order valence-electron chi connectivity index (χ3n) is 4.09. The van der Waals surface area contributed by atoms with Gasteiger partial charge in [-0.2, -0.15) is 0 Å². The number of carbonyl (C=O) groups is 1. The molecule has 5 nitrogen and oxygen atoms in total. The van der Waals surface area contributed by atoms with Gasteiger partial charge in [0.05, 0.1) is 5.39 Å². The molecule has 0 saturated heterocycles. The lowest BCUT2D eigenvalue weighted by Crippen LogP contribution is -2.05. The molecule has 0 bridgehead atoms. The van der Waals surface area contributed by atoms with Gasteiger partial charge in [0.15, 0.2) is 16.8 Å². The quantitative estimate of drug-likeness (QED) is 0.734. The average Bonchev–Trinajstić information content (AvgIpc) is 2.73. The third kappa shape index (κ3) is 2.59. The van der Waals surface area contributed by atoms with Crippen molar-refractivity contribution in [2.75, 3.05) is 6.61 Å². The summed E-state index contributed by atoms with van der Waals surface area (Å²) in [4.78, 5) is 25.1. The van der Waals surface area contributed by atoms with E-state index in [2.05, 4.69) is 0 Å². The number of phenolic OH excluding ortho intramolecular Hbond substituents is 1. The molecule has 0 unspecified atom stereocenters. The summed E-state index contributed by atoms with van der Waals surface area (Å²) in [6.07, 6.45) is 1.50. The molecule has 0 radical (unpaired) electrons. The number of fused-ring (bicyclic) bond motifs is 3. The summed E-state index contributed by atoms with van der Waals surface area (Å²) in [6, 6.07) is 10.9. The molecule has 5 heteroatoms. The van der Waals surface area contributed by atoms with Crippen molar-refractivity contribution in [1.82, 2.24) is 0 Å². The second kappa shape index (κ2) is 5.63. The number of ketones is 1. The molecule has 2 heterocycles. The van der Waals surface area contributed by atoms with Crippen molar-refractivity contribution in [2.24, 2.45) is 0 Å². The lowest BCUT2D eigenvalue weighted by molar-refractivity contribution is 0.104. The van der Waals surface area contributed by atoms with Crippen molar-refractivity contribution in [3.63, 3.8) is 0 Å². The van der Waals surface area contributed by atoms with Gasteiger partial charge in [0.2, 0.25) is 0 Å². The summed E-state index contributed by atoms with van der Waals surface area (Å²) in [5, 5.41) is 9.74. The van der Waals surface area contributed by atoms with Gasteiger partial charge in [-0.3, -0.25) is 9.59 Å². The zero-order chi connectivity index (χ0) is 17.6. The van der Waals surface area contributed by atoms with E-state index in [4.69, 9.17) is 9.15 Å². The standard InChI is InChI=1S/C20H14O5/c1-11-8-16(23)19-17(24-10-11)7-6-14-15(22)9-18(25-20(14)19)12-2-4-13(21)5-3-12/h2-9,21H,10H2,1H3. The lowest BCUT2D eigenvalue weighted by atomic mass is 10.0. The zero-order valence-corrected chi connectivity index (χ0v) is 13.4. The summed E-state index contributed by atoms with van der Waals surface area (Å²) >= 11 is 0. The van der Waals surface area contributed by atoms with Gasteiger partial charge < -0.3 is 14.3 Å². The van der Waals surface area contributed by atoms with Crippen molar-refractivity contribution in [3.05, 3.63) is 69.9 Å². The molecule has 4 rings (SSSR count). The fourth-order valence-electron chi connectivity index (χ4n) is 2.85. The van der Waals surface area contributed by atoms with Crippen LogP contribution in [0.1, 0.15) is 17.3 Å². The second-order valence-electron chi connectivity index (χ2n) is 5.98. The van der Waals surface area contributed by atoms with E-state index in [1.807, 2.05) is 6.92 Å². The number of hydrogen-bond acceptors (Lipinski definition) is 5. The van der Waals surface area contributed by atoms with Crippen molar-refractivity contribution in [1.29, 1.82) is 0 Å². The Kier molecular flexibility index (Phi) is 3.42. The first kappa shape index (κ1) is 15.2. The highest BCUT2D eigenvalue weighted by molar-refractivity contribution is 6.14. The molecule has 124 valence electrons. The fraction of sp³-hybridized carbons (Fsp3) is 0.100. The van der Waals surface area contributed by atoms with Gasteiger partial charge >= 0.3 is 0 Å². The maximum absolute atomic E-state index is 12.6. The highest BCUT2D eigenvalue weighted by Gasteiger charge is 2.22. The van der Waals surface area contributed by atoms with E-state index < -0.39 is 0 Å². The number of benzene rings is 2. The maximum atomic E-state index is 12.6. The van der Waals surface area contributed by atoms with Crippen LogP contribution < -0.4 is 10.2 Å². The molecular weight excluding hydrogens is 320 g/mol. The minimum atomic E-state index is -0.249. The van der Waals surface area contributed by atoms with Crippen LogP contribution in [0.2, 0.25) is 0 Å². The Morgan fingerprint density at radius 3 is 2.56 bits per heavy atom. The smallest absolute Gasteiger partial charge is 0.193 e. The van der Waals surface area contributed by atoms with E-state index in [9.17, 15) is 14.7 Å². The summed E-state index contributed by atoms with van der Waals surface area (Å²) in [5.41, 5.74) is 1.65. The highest BCUT2D eigenvalue weighted by atomic mass is 16.5. The summed E-state index contributed by atoms with van der Waals surface area (Å²) in [6.45, 7) is 2.12. The van der Waals surface area contributed by atoms with E-state index >= 15 is 0 Å². The Labute approximate surface area is 142 Å². The van der Waals surface area contributed by atoms with Gasteiger partial charge in [-0.25, -0.2) is 0 Å². The molecule has 25 heavy (non-hydrogen) atoms. The van der Waals surface area contributed by atoms with E-state index in [0.29, 0.717) is 29.1 Å². The molecule has 0 fully saturated rings. The van der Waals surface area contributed by atoms with Gasteiger partial charge in [-0.05, 0) is 55.0 Å². The van der Waals surface area contributed by atoms with Crippen LogP contribution in [-0.2, 0) is 0 Å². The number of aromatic hydroxyl groups is 1. The van der Waals surface area contributed by atoms with E-state index in [0.717, 1.165) is 5.57 Å². The maximum Gasteiger partial charge on any atom is 0.193 e. The lowest BCUT2D eigenvalue weighted by Gasteiger charge is -2.10. The summed E-state index contributed by atoms with van der Waals surface area (Å²) < 4.78 is 11.6. The molecule has 0 aliphatic carbocycles.